The van der Waals surface area contributed by atoms with Crippen molar-refractivity contribution in [3.63, 3.8) is 0 Å². The van der Waals surface area contributed by atoms with Gasteiger partial charge < -0.3 is 15.0 Å². The Kier molecular flexibility index (Phi) is 6.39. The van der Waals surface area contributed by atoms with Crippen LogP contribution >= 0.6 is 0 Å². The lowest BCUT2D eigenvalue weighted by Crippen LogP contribution is -2.24. The lowest BCUT2D eigenvalue weighted by Gasteiger charge is -1.92. The van der Waals surface area contributed by atoms with Crippen LogP contribution in [0.15, 0.2) is 0 Å². The van der Waals surface area contributed by atoms with Crippen molar-refractivity contribution in [1.82, 2.24) is 0 Å². The molecule has 0 fully saturated rings. The number of aliphatic carboxylic acids is 1. The van der Waals surface area contributed by atoms with Crippen molar-refractivity contribution in [2.45, 2.75) is 13.3 Å². The number of Topliss-reactive ketones (excluding diaryl/α,β-unsaturated/α-hetero) is 1. The minimum atomic E-state index is -1.31. The van der Waals surface area contributed by atoms with E-state index in [2.05, 4.69) is 5.11 Å². The highest BCUT2D eigenvalue weighted by molar-refractivity contribution is 5.92. The Labute approximate surface area is 54.6 Å². The number of rotatable bonds is 2. The number of carboxylic acid groups (broad SMARTS) is 1. The fourth-order valence-corrected chi connectivity index (χ4v) is 0.203. The normalized spacial score (nSPS) is 8.44. The molecule has 0 aliphatic rings. The average Bonchev–Trinajstić information content (AvgIpc) is 1.62. The molecule has 54 valence electrons. The van der Waals surface area contributed by atoms with Crippen LogP contribution in [-0.2, 0) is 9.59 Å². The molecule has 0 amide bonds. The van der Waals surface area contributed by atoms with Gasteiger partial charge in [-0.3, -0.25) is 4.79 Å². The van der Waals surface area contributed by atoms with Gasteiger partial charge >= 0.3 is 0 Å². The summed E-state index contributed by atoms with van der Waals surface area (Å²) in [5, 5.41) is 13.0. The first-order valence-electron chi connectivity index (χ1n) is 2.64. The molecule has 0 aromatic carbocycles. The van der Waals surface area contributed by atoms with Crippen LogP contribution in [0.2, 0.25) is 0 Å². The van der Waals surface area contributed by atoms with Gasteiger partial charge in [0.05, 0.1) is 0 Å². The second-order valence-electron chi connectivity index (χ2n) is 1.25. The molecule has 0 aromatic heterocycles. The zero-order valence-corrected chi connectivity index (χ0v) is 5.34. The summed E-state index contributed by atoms with van der Waals surface area (Å²) >= 11 is 0. The van der Waals surface area contributed by atoms with Crippen molar-refractivity contribution in [1.29, 1.82) is 1.43 Å². The molecule has 0 saturated carbocycles. The van der Waals surface area contributed by atoms with E-state index in [4.69, 9.17) is 1.43 Å². The summed E-state index contributed by atoms with van der Waals surface area (Å²) in [6.45, 7) is 1.20. The van der Waals surface area contributed by atoms with Crippen LogP contribution in [0, 0.1) is 0 Å². The van der Waals surface area contributed by atoms with Gasteiger partial charge in [-0.05, 0) is 6.92 Å². The summed E-state index contributed by atoms with van der Waals surface area (Å²) in [6, 6.07) is 0. The third-order valence-electron chi connectivity index (χ3n) is 0.393. The van der Waals surface area contributed by atoms with Crippen LogP contribution in [0.5, 0.6) is 0 Å². The number of ketones is 1. The summed E-state index contributed by atoms with van der Waals surface area (Å²) in [6.07, 6.45) is -0.472. The lowest BCUT2D eigenvalue weighted by molar-refractivity contribution is -0.304. The first-order valence-corrected chi connectivity index (χ1v) is 2.23. The molecular weight excluding hydrogens is 124 g/mol. The van der Waals surface area contributed by atoms with Crippen LogP contribution in [0.1, 0.15) is 13.3 Å². The minimum absolute atomic E-state index is 0.375. The van der Waals surface area contributed by atoms with Crippen molar-refractivity contribution < 1.29 is 19.8 Å². The highest BCUT2D eigenvalue weighted by atomic mass is 16.4. The molecule has 0 saturated heterocycles. The highest BCUT2D eigenvalue weighted by Gasteiger charge is 1.88. The second kappa shape index (κ2) is 7.10. The maximum absolute atomic E-state index is 9.83. The SMILES string of the molecule is CC(=O)CC(=O)[O-].[2H]OC. The summed E-state index contributed by atoms with van der Waals surface area (Å²) in [7, 11) is 1.29. The number of carbonyl (C=O) groups is 2. The van der Waals surface area contributed by atoms with E-state index in [1.165, 1.54) is 14.0 Å². The van der Waals surface area contributed by atoms with E-state index in [9.17, 15) is 14.7 Å². The topological polar surface area (TPSA) is 77.4 Å². The molecule has 9 heavy (non-hydrogen) atoms. The third-order valence-corrected chi connectivity index (χ3v) is 0.393. The van der Waals surface area contributed by atoms with Crippen molar-refractivity contribution in [3.05, 3.63) is 0 Å². The third kappa shape index (κ3) is 19.2. The maximum atomic E-state index is 9.83. The fraction of sp³-hybridized carbons (Fsp3) is 0.600. The molecule has 0 radical (unpaired) electrons. The van der Waals surface area contributed by atoms with E-state index in [1.54, 1.807) is 0 Å². The fourth-order valence-electron chi connectivity index (χ4n) is 0.203. The smallest absolute Gasteiger partial charge is 0.210 e. The second-order valence-corrected chi connectivity index (χ2v) is 1.25. The minimum Gasteiger partial charge on any atom is -0.550 e. The van der Waals surface area contributed by atoms with E-state index in [1.807, 2.05) is 0 Å². The predicted octanol–water partition coefficient (Wildman–Crippen LogP) is -1.68. The molecule has 0 aliphatic carbocycles. The molecule has 0 aliphatic heterocycles. The molecule has 0 atom stereocenters. The van der Waals surface area contributed by atoms with E-state index >= 15 is 0 Å². The quantitative estimate of drug-likeness (QED) is 0.458. The number of aliphatic hydroxyl groups excluding tert-OH is 1. The number of carboxylic acids is 1. The number of aliphatic hydroxyl groups is 1. The Morgan fingerprint density at radius 1 is 1.78 bits per heavy atom. The van der Waals surface area contributed by atoms with Gasteiger partial charge in [-0.25, -0.2) is 0 Å². The lowest BCUT2D eigenvalue weighted by atomic mass is 10.3. The van der Waals surface area contributed by atoms with Crippen molar-refractivity contribution in [2.75, 3.05) is 7.11 Å². The number of carbonyl (C=O) groups excluding carboxylic acids is 2. The van der Waals surface area contributed by atoms with Crippen LogP contribution in [-0.4, -0.2) is 25.4 Å². The largest absolute Gasteiger partial charge is 0.550 e. The van der Waals surface area contributed by atoms with Crippen LogP contribution < -0.4 is 5.11 Å². The summed E-state index contributed by atoms with van der Waals surface area (Å²) in [5.41, 5.74) is 0. The van der Waals surface area contributed by atoms with Gasteiger partial charge in [0.15, 0.2) is 0 Å². The Balaban J connectivity index is 0. The molecule has 0 aromatic rings. The van der Waals surface area contributed by atoms with Gasteiger partial charge in [-0.2, -0.15) is 0 Å². The van der Waals surface area contributed by atoms with Crippen LogP contribution in [0.4, 0.5) is 0 Å². The monoisotopic (exact) mass is 134 g/mol. The van der Waals surface area contributed by atoms with Gasteiger partial charge in [0.1, 0.15) is 5.78 Å². The first-order chi connectivity index (χ1) is 4.54. The molecule has 0 heterocycles. The Morgan fingerprint density at radius 3 is 2.11 bits per heavy atom. The molecule has 4 heteroatoms. The van der Waals surface area contributed by atoms with Crippen molar-refractivity contribution >= 4 is 11.8 Å². The van der Waals surface area contributed by atoms with Crippen LogP contribution in [0.25, 0.3) is 0 Å². The van der Waals surface area contributed by atoms with E-state index in [0.717, 1.165) is 0 Å². The van der Waals surface area contributed by atoms with Crippen molar-refractivity contribution in [3.8, 4) is 0 Å². The molecule has 4 nitrogen and oxygen atoms in total. The van der Waals surface area contributed by atoms with E-state index in [0.29, 0.717) is 0 Å². The number of hydrogen-bond donors (Lipinski definition) is 1. The summed E-state index contributed by atoms with van der Waals surface area (Å²) in [4.78, 5) is 19.3. The van der Waals surface area contributed by atoms with E-state index < -0.39 is 12.4 Å². The van der Waals surface area contributed by atoms with E-state index in [-0.39, 0.29) is 5.78 Å². The number of hydrogen-bond acceptors (Lipinski definition) is 4. The highest BCUT2D eigenvalue weighted by Crippen LogP contribution is 1.74. The Hall–Kier alpha value is -0.900. The average molecular weight is 134 g/mol. The molecule has 0 spiro atoms. The van der Waals surface area contributed by atoms with Gasteiger partial charge in [0.2, 0.25) is 1.43 Å². The van der Waals surface area contributed by atoms with Gasteiger partial charge in [0.25, 0.3) is 0 Å². The van der Waals surface area contributed by atoms with Gasteiger partial charge in [-0.15, -0.1) is 0 Å². The summed E-state index contributed by atoms with van der Waals surface area (Å²) < 4.78 is 5.71. The standard InChI is InChI=1S/C4H6O3.CH4O/c1-3(5)2-4(6)7;1-2/h2H2,1H3,(H,6,7);2H,1H3/p-1/i;2D. The summed E-state index contributed by atoms with van der Waals surface area (Å²) in [5.74, 6) is -1.69. The predicted molar refractivity (Wildman–Crippen MR) is 28.4 cm³/mol. The van der Waals surface area contributed by atoms with Crippen LogP contribution in [0.3, 0.4) is 0 Å². The van der Waals surface area contributed by atoms with Gasteiger partial charge in [-0.1, -0.05) is 0 Å². The van der Waals surface area contributed by atoms with Gasteiger partial charge in [0, 0.05) is 19.5 Å². The molecule has 1 N–H and O–H groups in total. The zero-order valence-electron chi connectivity index (χ0n) is 6.34. The molecular formula is C5H9O4-. The Bertz CT molecular complexity index is 100. The molecule has 0 unspecified atom stereocenters. The maximum Gasteiger partial charge on any atom is 0.210 e. The first kappa shape index (κ1) is 8.10. The molecule has 0 rings (SSSR count). The molecule has 0 bridgehead atoms. The zero-order chi connectivity index (χ0) is 8.57. The Morgan fingerprint density at radius 2 is 2.11 bits per heavy atom. The van der Waals surface area contributed by atoms with Crippen molar-refractivity contribution in [2.24, 2.45) is 0 Å².